The van der Waals surface area contributed by atoms with Crippen LogP contribution >= 0.6 is 0 Å². The quantitative estimate of drug-likeness (QED) is 0.195. The van der Waals surface area contributed by atoms with Crippen LogP contribution < -0.4 is 0 Å². The Labute approximate surface area is 75.0 Å². The Balaban J connectivity index is 2.95. The lowest BCUT2D eigenvalue weighted by atomic mass is 9.92. The van der Waals surface area contributed by atoms with E-state index in [4.69, 9.17) is 15.4 Å². The molecule has 1 aliphatic rings. The minimum absolute atomic E-state index is 0.667. The Kier molecular flexibility index (Phi) is 2.79. The van der Waals surface area contributed by atoms with E-state index in [1.54, 1.807) is 0 Å². The summed E-state index contributed by atoms with van der Waals surface area (Å²) >= 11 is 0. The van der Waals surface area contributed by atoms with Crippen LogP contribution in [0.1, 0.15) is 0 Å². The van der Waals surface area contributed by atoms with Gasteiger partial charge in [-0.3, -0.25) is 0 Å². The number of aliphatic hydroxyl groups is 3. The molecule has 1 rings (SSSR count). The van der Waals surface area contributed by atoms with Gasteiger partial charge in [-0.1, -0.05) is 5.11 Å². The molecule has 0 aromatic carbocycles. The highest BCUT2D eigenvalue weighted by Gasteiger charge is 2.51. The zero-order chi connectivity index (χ0) is 10.1. The highest BCUT2D eigenvalue weighted by atomic mass is 16.6. The van der Waals surface area contributed by atoms with Crippen molar-refractivity contribution < 1.29 is 20.1 Å². The summed E-state index contributed by atoms with van der Waals surface area (Å²) in [4.78, 5) is 2.45. The molecule has 1 saturated heterocycles. The van der Waals surface area contributed by atoms with Gasteiger partial charge in [-0.05, 0) is 5.53 Å². The van der Waals surface area contributed by atoms with Crippen LogP contribution in [0.3, 0.4) is 0 Å². The number of aliphatic hydroxyl groups excluding tert-OH is 3. The normalized spacial score (nSPS) is 44.4. The molecule has 0 amide bonds. The first kappa shape index (κ1) is 10.3. The Hall–Kier alpha value is -0.785. The lowest BCUT2D eigenvalue weighted by Gasteiger charge is -2.23. The first-order valence-corrected chi connectivity index (χ1v) is 3.78. The lowest BCUT2D eigenvalue weighted by Crippen LogP contribution is -2.44. The monoisotopic (exact) mass is 187 g/mol. The van der Waals surface area contributed by atoms with Gasteiger partial charge < -0.3 is 20.1 Å². The van der Waals surface area contributed by atoms with Crippen molar-refractivity contribution in [3.63, 3.8) is 0 Å². The van der Waals surface area contributed by atoms with E-state index in [2.05, 4.69) is 10.0 Å². The van der Waals surface area contributed by atoms with Gasteiger partial charge >= 0.3 is 0 Å². The molecule has 0 radical (unpaired) electrons. The molecule has 1 heterocycles. The summed E-state index contributed by atoms with van der Waals surface area (Å²) in [5.74, 6) is 0. The average molecular weight is 187 g/mol. The Morgan fingerprint density at radius 2 is 2.23 bits per heavy atom. The summed E-state index contributed by atoms with van der Waals surface area (Å²) in [6.07, 6.45) is -2.55. The standard InChI is InChI=1S/C5H10BN3O4/c6-4-2(11)3(12)5(1-10,13-4)8-9-7/h2-4,10-12H,1,6H2/t2?,3-,4+,5+/m0/s1. The second kappa shape index (κ2) is 3.53. The van der Waals surface area contributed by atoms with Crippen LogP contribution in [0, 0.1) is 0 Å². The van der Waals surface area contributed by atoms with Crippen molar-refractivity contribution in [1.29, 1.82) is 0 Å². The van der Waals surface area contributed by atoms with E-state index in [0.29, 0.717) is 0 Å². The van der Waals surface area contributed by atoms with E-state index in [0.717, 1.165) is 0 Å². The fraction of sp³-hybridized carbons (Fsp3) is 1.00. The van der Waals surface area contributed by atoms with Crippen molar-refractivity contribution in [2.45, 2.75) is 23.9 Å². The summed E-state index contributed by atoms with van der Waals surface area (Å²) < 4.78 is 4.99. The van der Waals surface area contributed by atoms with Crippen molar-refractivity contribution in [2.75, 3.05) is 6.61 Å². The maximum atomic E-state index is 9.41. The van der Waals surface area contributed by atoms with Crippen LogP contribution in [0.5, 0.6) is 0 Å². The third-order valence-electron chi connectivity index (χ3n) is 2.10. The van der Waals surface area contributed by atoms with Crippen molar-refractivity contribution in [2.24, 2.45) is 5.11 Å². The number of azide groups is 1. The molecule has 7 nitrogen and oxygen atoms in total. The number of hydrogen-bond donors (Lipinski definition) is 3. The van der Waals surface area contributed by atoms with Gasteiger partial charge in [0.25, 0.3) is 0 Å². The van der Waals surface area contributed by atoms with Gasteiger partial charge in [-0.2, -0.15) is 0 Å². The van der Waals surface area contributed by atoms with E-state index in [9.17, 15) is 10.2 Å². The molecule has 1 unspecified atom stereocenters. The molecule has 1 aliphatic heterocycles. The maximum Gasteiger partial charge on any atom is 0.197 e. The molecule has 72 valence electrons. The summed E-state index contributed by atoms with van der Waals surface area (Å²) in [5.41, 5.74) is 6.45. The first-order chi connectivity index (χ1) is 6.07. The molecule has 0 aromatic rings. The predicted octanol–water partition coefficient (Wildman–Crippen LogP) is -2.30. The minimum atomic E-state index is -1.74. The molecule has 0 saturated carbocycles. The largest absolute Gasteiger partial charge is 0.393 e. The molecule has 4 atom stereocenters. The summed E-state index contributed by atoms with van der Waals surface area (Å²) in [6, 6.07) is -0.673. The Morgan fingerprint density at radius 1 is 1.62 bits per heavy atom. The van der Waals surface area contributed by atoms with Crippen molar-refractivity contribution in [3.8, 4) is 0 Å². The molecule has 0 spiro atoms. The van der Waals surface area contributed by atoms with Crippen molar-refractivity contribution in [3.05, 3.63) is 10.4 Å². The van der Waals surface area contributed by atoms with Crippen LogP contribution in [0.15, 0.2) is 5.11 Å². The third kappa shape index (κ3) is 1.50. The van der Waals surface area contributed by atoms with Crippen LogP contribution in [0.4, 0.5) is 0 Å². The Bertz CT molecular complexity index is 246. The SMILES string of the molecule is B[C@@H]1O[C@@](CO)(N=[N+]=[N-])[C@@H](O)C1O. The van der Waals surface area contributed by atoms with Gasteiger partial charge in [0.15, 0.2) is 5.72 Å². The maximum absolute atomic E-state index is 9.41. The zero-order valence-electron chi connectivity index (χ0n) is 7.03. The average Bonchev–Trinajstić information content (AvgIpc) is 2.32. The van der Waals surface area contributed by atoms with Gasteiger partial charge in [0.05, 0.1) is 12.6 Å². The summed E-state index contributed by atoms with van der Waals surface area (Å²) in [6.45, 7) is -0.667. The first-order valence-electron chi connectivity index (χ1n) is 3.78. The van der Waals surface area contributed by atoms with Gasteiger partial charge in [-0.25, -0.2) is 0 Å². The van der Waals surface area contributed by atoms with Gasteiger partial charge in [0.1, 0.15) is 20.1 Å². The van der Waals surface area contributed by atoms with E-state index in [-0.39, 0.29) is 0 Å². The van der Waals surface area contributed by atoms with Gasteiger partial charge in [0.2, 0.25) is 0 Å². The fourth-order valence-corrected chi connectivity index (χ4v) is 1.31. The molecular weight excluding hydrogens is 177 g/mol. The van der Waals surface area contributed by atoms with Gasteiger partial charge in [-0.15, -0.1) is 0 Å². The number of hydrogen-bond acceptors (Lipinski definition) is 5. The topological polar surface area (TPSA) is 119 Å². The molecule has 0 aromatic heterocycles. The highest BCUT2D eigenvalue weighted by molar-refractivity contribution is 6.11. The summed E-state index contributed by atoms with van der Waals surface area (Å²) in [7, 11) is 1.51. The molecule has 3 N–H and O–H groups in total. The van der Waals surface area contributed by atoms with Crippen molar-refractivity contribution >= 4 is 7.85 Å². The predicted molar refractivity (Wildman–Crippen MR) is 44.4 cm³/mol. The highest BCUT2D eigenvalue weighted by Crippen LogP contribution is 2.31. The van der Waals surface area contributed by atoms with Crippen LogP contribution in [0.25, 0.3) is 10.4 Å². The van der Waals surface area contributed by atoms with E-state index < -0.39 is 30.5 Å². The molecule has 1 fully saturated rings. The lowest BCUT2D eigenvalue weighted by molar-refractivity contribution is -0.0947. The Morgan fingerprint density at radius 3 is 2.54 bits per heavy atom. The third-order valence-corrected chi connectivity index (χ3v) is 2.10. The smallest absolute Gasteiger partial charge is 0.197 e. The fourth-order valence-electron chi connectivity index (χ4n) is 1.31. The summed E-state index contributed by atoms with van der Waals surface area (Å²) in [5, 5.41) is 30.7. The molecule has 8 heteroatoms. The van der Waals surface area contributed by atoms with Gasteiger partial charge in [0, 0.05) is 4.91 Å². The van der Waals surface area contributed by atoms with Crippen LogP contribution in [0.2, 0.25) is 0 Å². The molecule has 0 aliphatic carbocycles. The van der Waals surface area contributed by atoms with Crippen molar-refractivity contribution in [1.82, 2.24) is 0 Å². The molecule has 13 heavy (non-hydrogen) atoms. The van der Waals surface area contributed by atoms with E-state index in [1.807, 2.05) is 0 Å². The van der Waals surface area contributed by atoms with Crippen LogP contribution in [-0.4, -0.2) is 53.7 Å². The zero-order valence-corrected chi connectivity index (χ0v) is 7.03. The second-order valence-corrected chi connectivity index (χ2v) is 2.95. The van der Waals surface area contributed by atoms with E-state index >= 15 is 0 Å². The minimum Gasteiger partial charge on any atom is -0.393 e. The molecular formula is C5H10BN3O4. The molecule has 0 bridgehead atoms. The number of rotatable bonds is 2. The van der Waals surface area contributed by atoms with E-state index in [1.165, 1.54) is 7.85 Å². The number of ether oxygens (including phenoxy) is 1. The van der Waals surface area contributed by atoms with Crippen LogP contribution in [-0.2, 0) is 4.74 Å². The number of nitrogens with zero attached hydrogens (tertiary/aromatic N) is 3. The second-order valence-electron chi connectivity index (χ2n) is 2.95.